The van der Waals surface area contributed by atoms with E-state index in [9.17, 15) is 0 Å². The minimum atomic E-state index is 0.254. The highest BCUT2D eigenvalue weighted by Crippen LogP contribution is 2.34. The molecule has 0 saturated carbocycles. The zero-order valence-electron chi connectivity index (χ0n) is 13.9. The van der Waals surface area contributed by atoms with Gasteiger partial charge in [-0.2, -0.15) is 0 Å². The van der Waals surface area contributed by atoms with Gasteiger partial charge in [0.05, 0.1) is 13.2 Å². The van der Waals surface area contributed by atoms with Crippen molar-refractivity contribution in [1.29, 1.82) is 0 Å². The van der Waals surface area contributed by atoms with Gasteiger partial charge in [0.15, 0.2) is 0 Å². The van der Waals surface area contributed by atoms with Gasteiger partial charge < -0.3 is 9.30 Å². The van der Waals surface area contributed by atoms with Crippen LogP contribution in [-0.2, 0) is 13.1 Å². The number of hydrogen-bond donors (Lipinski definition) is 0. The van der Waals surface area contributed by atoms with Gasteiger partial charge in [-0.1, -0.05) is 42.5 Å². The van der Waals surface area contributed by atoms with Gasteiger partial charge in [0.2, 0.25) is 0 Å². The fourth-order valence-corrected chi connectivity index (χ4v) is 3.61. The molecule has 3 nitrogen and oxygen atoms in total. The maximum Gasteiger partial charge on any atom is 0.119 e. The molecule has 0 radical (unpaired) electrons. The smallest absolute Gasteiger partial charge is 0.119 e. The number of rotatable bonds is 4. The monoisotopic (exact) mass is 318 g/mol. The zero-order chi connectivity index (χ0) is 16.4. The van der Waals surface area contributed by atoms with Gasteiger partial charge in [0, 0.05) is 31.5 Å². The minimum absolute atomic E-state index is 0.254. The second kappa shape index (κ2) is 6.54. The van der Waals surface area contributed by atoms with E-state index >= 15 is 0 Å². The summed E-state index contributed by atoms with van der Waals surface area (Å²) < 4.78 is 7.81. The van der Waals surface area contributed by atoms with Crippen LogP contribution >= 0.6 is 0 Å². The highest BCUT2D eigenvalue weighted by molar-refractivity contribution is 5.36. The first-order chi connectivity index (χ1) is 11.8. The Bertz CT molecular complexity index is 809. The lowest BCUT2D eigenvalue weighted by molar-refractivity contribution is 0.174. The van der Waals surface area contributed by atoms with E-state index < -0.39 is 0 Å². The molecule has 3 heteroatoms. The molecule has 3 aromatic rings. The molecule has 0 bridgehead atoms. The molecular weight excluding hydrogens is 296 g/mol. The fourth-order valence-electron chi connectivity index (χ4n) is 3.61. The standard InChI is InChI=1S/C21H22N2O/c1-24-19-10-5-9-18(15-19)21-20-11-6-12-22(20)13-14-23(21)16-17-7-3-2-4-8-17/h2-12,15,21H,13-14,16H2,1H3/t21-/m1/s1. The molecule has 0 aliphatic carbocycles. The average molecular weight is 318 g/mol. The molecule has 2 aromatic carbocycles. The maximum atomic E-state index is 5.44. The first-order valence-corrected chi connectivity index (χ1v) is 8.42. The van der Waals surface area contributed by atoms with Crippen LogP contribution in [0.5, 0.6) is 5.75 Å². The summed E-state index contributed by atoms with van der Waals surface area (Å²) in [6.07, 6.45) is 2.18. The third-order valence-corrected chi connectivity index (χ3v) is 4.78. The van der Waals surface area contributed by atoms with E-state index in [0.29, 0.717) is 0 Å². The molecule has 2 heterocycles. The van der Waals surface area contributed by atoms with E-state index in [0.717, 1.165) is 25.4 Å². The van der Waals surface area contributed by atoms with Crippen LogP contribution in [0.4, 0.5) is 0 Å². The Balaban J connectivity index is 1.72. The lowest BCUT2D eigenvalue weighted by Gasteiger charge is -2.37. The van der Waals surface area contributed by atoms with Crippen molar-refractivity contribution in [2.45, 2.75) is 19.1 Å². The van der Waals surface area contributed by atoms with Crippen LogP contribution in [-0.4, -0.2) is 23.1 Å². The number of hydrogen-bond acceptors (Lipinski definition) is 2. The molecule has 0 unspecified atom stereocenters. The summed E-state index contributed by atoms with van der Waals surface area (Å²) in [4.78, 5) is 2.55. The van der Waals surface area contributed by atoms with Gasteiger partial charge >= 0.3 is 0 Å². The number of benzene rings is 2. The van der Waals surface area contributed by atoms with E-state index in [1.807, 2.05) is 6.07 Å². The van der Waals surface area contributed by atoms with Crippen molar-refractivity contribution in [1.82, 2.24) is 9.47 Å². The average Bonchev–Trinajstić information content (AvgIpc) is 3.11. The van der Waals surface area contributed by atoms with Crippen LogP contribution in [0.25, 0.3) is 0 Å². The SMILES string of the molecule is COc1cccc([C@@H]2c3cccn3CCN2Cc2ccccc2)c1. The molecule has 0 amide bonds. The summed E-state index contributed by atoms with van der Waals surface area (Å²) >= 11 is 0. The topological polar surface area (TPSA) is 17.4 Å². The highest BCUT2D eigenvalue weighted by Gasteiger charge is 2.28. The molecule has 1 aromatic heterocycles. The summed E-state index contributed by atoms with van der Waals surface area (Å²) in [5.74, 6) is 0.913. The van der Waals surface area contributed by atoms with Crippen molar-refractivity contribution in [3.05, 3.63) is 89.7 Å². The summed E-state index contributed by atoms with van der Waals surface area (Å²) in [7, 11) is 1.73. The molecular formula is C21H22N2O. The van der Waals surface area contributed by atoms with Gasteiger partial charge in [-0.3, -0.25) is 4.90 Å². The Labute approximate surface area is 143 Å². The van der Waals surface area contributed by atoms with Crippen molar-refractivity contribution in [2.24, 2.45) is 0 Å². The van der Waals surface area contributed by atoms with Crippen LogP contribution in [0, 0.1) is 0 Å². The summed E-state index contributed by atoms with van der Waals surface area (Å²) in [5.41, 5.74) is 3.99. The zero-order valence-corrected chi connectivity index (χ0v) is 13.9. The Morgan fingerprint density at radius 1 is 0.958 bits per heavy atom. The fraction of sp³-hybridized carbons (Fsp3) is 0.238. The van der Waals surface area contributed by atoms with Crippen LogP contribution in [0.1, 0.15) is 22.9 Å². The largest absolute Gasteiger partial charge is 0.497 e. The Morgan fingerprint density at radius 3 is 2.67 bits per heavy atom. The van der Waals surface area contributed by atoms with E-state index in [1.54, 1.807) is 7.11 Å². The highest BCUT2D eigenvalue weighted by atomic mass is 16.5. The Hall–Kier alpha value is -2.52. The van der Waals surface area contributed by atoms with E-state index in [4.69, 9.17) is 4.74 Å². The van der Waals surface area contributed by atoms with E-state index in [-0.39, 0.29) is 6.04 Å². The van der Waals surface area contributed by atoms with Crippen LogP contribution in [0.2, 0.25) is 0 Å². The second-order valence-corrected chi connectivity index (χ2v) is 6.26. The number of methoxy groups -OCH3 is 1. The van der Waals surface area contributed by atoms with E-state index in [2.05, 4.69) is 76.3 Å². The van der Waals surface area contributed by atoms with Gasteiger partial charge in [-0.15, -0.1) is 0 Å². The summed E-state index contributed by atoms with van der Waals surface area (Å²) in [6.45, 7) is 3.03. The van der Waals surface area contributed by atoms with Gasteiger partial charge in [-0.05, 0) is 35.4 Å². The third-order valence-electron chi connectivity index (χ3n) is 4.78. The minimum Gasteiger partial charge on any atom is -0.497 e. The molecule has 1 aliphatic heterocycles. The molecule has 24 heavy (non-hydrogen) atoms. The van der Waals surface area contributed by atoms with Gasteiger partial charge in [0.1, 0.15) is 5.75 Å². The summed E-state index contributed by atoms with van der Waals surface area (Å²) in [6, 6.07) is 23.8. The predicted octanol–water partition coefficient (Wildman–Crippen LogP) is 4.10. The normalized spacial score (nSPS) is 17.5. The van der Waals surface area contributed by atoms with Crippen LogP contribution in [0.15, 0.2) is 72.9 Å². The van der Waals surface area contributed by atoms with Crippen molar-refractivity contribution in [3.8, 4) is 5.75 Å². The quantitative estimate of drug-likeness (QED) is 0.720. The van der Waals surface area contributed by atoms with Crippen LogP contribution in [0.3, 0.4) is 0 Å². The molecule has 1 atom stereocenters. The predicted molar refractivity (Wildman–Crippen MR) is 96.1 cm³/mol. The van der Waals surface area contributed by atoms with Gasteiger partial charge in [0.25, 0.3) is 0 Å². The Kier molecular flexibility index (Phi) is 4.09. The number of nitrogens with zero attached hydrogens (tertiary/aromatic N) is 2. The third kappa shape index (κ3) is 2.83. The molecule has 0 spiro atoms. The maximum absolute atomic E-state index is 5.44. The molecule has 1 aliphatic rings. The molecule has 122 valence electrons. The first kappa shape index (κ1) is 15.0. The molecule has 0 saturated heterocycles. The number of ether oxygens (including phenoxy) is 1. The van der Waals surface area contributed by atoms with Crippen molar-refractivity contribution in [2.75, 3.05) is 13.7 Å². The molecule has 0 fully saturated rings. The van der Waals surface area contributed by atoms with Gasteiger partial charge in [-0.25, -0.2) is 0 Å². The van der Waals surface area contributed by atoms with E-state index in [1.165, 1.54) is 16.8 Å². The van der Waals surface area contributed by atoms with Crippen molar-refractivity contribution >= 4 is 0 Å². The lowest BCUT2D eigenvalue weighted by atomic mass is 9.99. The van der Waals surface area contributed by atoms with Crippen molar-refractivity contribution in [3.63, 3.8) is 0 Å². The van der Waals surface area contributed by atoms with Crippen molar-refractivity contribution < 1.29 is 4.74 Å². The lowest BCUT2D eigenvalue weighted by Crippen LogP contribution is -2.37. The first-order valence-electron chi connectivity index (χ1n) is 8.42. The number of aromatic nitrogens is 1. The van der Waals surface area contributed by atoms with Crippen LogP contribution < -0.4 is 4.74 Å². The summed E-state index contributed by atoms with van der Waals surface area (Å²) in [5, 5.41) is 0. The number of fused-ring (bicyclic) bond motifs is 1. The molecule has 0 N–H and O–H groups in total. The molecule has 4 rings (SSSR count). The Morgan fingerprint density at radius 2 is 1.83 bits per heavy atom. The second-order valence-electron chi connectivity index (χ2n) is 6.26.